The van der Waals surface area contributed by atoms with Crippen molar-refractivity contribution in [3.63, 3.8) is 0 Å². The second kappa shape index (κ2) is 5.64. The maximum absolute atomic E-state index is 11.3. The van der Waals surface area contributed by atoms with Crippen LogP contribution in [-0.4, -0.2) is 50.2 Å². The average Bonchev–Trinajstić information content (AvgIpc) is 2.74. The zero-order valence-electron chi connectivity index (χ0n) is 10.9. The highest BCUT2D eigenvalue weighted by Crippen LogP contribution is 2.33. The van der Waals surface area contributed by atoms with Crippen LogP contribution in [0.4, 0.5) is 0 Å². The van der Waals surface area contributed by atoms with Crippen molar-refractivity contribution < 1.29 is 9.53 Å². The van der Waals surface area contributed by atoms with Crippen LogP contribution in [0.25, 0.3) is 0 Å². The lowest BCUT2D eigenvalue weighted by Crippen LogP contribution is -2.52. The highest BCUT2D eigenvalue weighted by molar-refractivity contribution is 5.75. The van der Waals surface area contributed by atoms with E-state index < -0.39 is 0 Å². The van der Waals surface area contributed by atoms with Crippen molar-refractivity contribution in [3.8, 4) is 0 Å². The van der Waals surface area contributed by atoms with Gasteiger partial charge >= 0.3 is 5.97 Å². The van der Waals surface area contributed by atoms with E-state index >= 15 is 0 Å². The zero-order valence-corrected chi connectivity index (χ0v) is 10.9. The van der Waals surface area contributed by atoms with E-state index in [1.807, 2.05) is 6.92 Å². The van der Waals surface area contributed by atoms with Crippen LogP contribution in [0.5, 0.6) is 0 Å². The summed E-state index contributed by atoms with van der Waals surface area (Å²) in [5.41, 5.74) is 0.224. The Morgan fingerprint density at radius 1 is 1.44 bits per heavy atom. The largest absolute Gasteiger partial charge is 0.468 e. The summed E-state index contributed by atoms with van der Waals surface area (Å²) in [7, 11) is 5.67. The summed E-state index contributed by atoms with van der Waals surface area (Å²) < 4.78 is 4.71. The third-order valence-corrected chi connectivity index (χ3v) is 3.77. The van der Waals surface area contributed by atoms with Gasteiger partial charge in [0.15, 0.2) is 0 Å². The minimum Gasteiger partial charge on any atom is -0.468 e. The van der Waals surface area contributed by atoms with Gasteiger partial charge in [-0.3, -0.25) is 4.79 Å². The van der Waals surface area contributed by atoms with Crippen LogP contribution in [0.1, 0.15) is 32.6 Å². The van der Waals surface area contributed by atoms with Gasteiger partial charge in [-0.25, -0.2) is 0 Å². The smallest absolute Gasteiger partial charge is 0.322 e. The Bertz CT molecular complexity index is 235. The summed E-state index contributed by atoms with van der Waals surface area (Å²) in [5.74, 6) is -0.188. The van der Waals surface area contributed by atoms with Gasteiger partial charge in [-0.1, -0.05) is 12.8 Å². The fourth-order valence-electron chi connectivity index (χ4n) is 2.42. The summed E-state index contributed by atoms with van der Waals surface area (Å²) in [5, 5.41) is 3.28. The Labute approximate surface area is 98.3 Å². The lowest BCUT2D eigenvalue weighted by atomic mass is 9.95. The van der Waals surface area contributed by atoms with Crippen molar-refractivity contribution in [2.45, 2.75) is 44.2 Å². The molecule has 1 fully saturated rings. The first-order valence-corrected chi connectivity index (χ1v) is 6.00. The summed E-state index contributed by atoms with van der Waals surface area (Å²) in [6.07, 6.45) is 4.99. The van der Waals surface area contributed by atoms with Gasteiger partial charge in [0.25, 0.3) is 0 Å². The van der Waals surface area contributed by atoms with Gasteiger partial charge < -0.3 is 15.0 Å². The SMILES string of the molecule is COC(=O)C(C)NCC1(N(C)C)CCCC1. The van der Waals surface area contributed by atoms with Gasteiger partial charge in [-0.05, 0) is 33.9 Å². The topological polar surface area (TPSA) is 41.6 Å². The molecule has 1 unspecified atom stereocenters. The third kappa shape index (κ3) is 2.95. The van der Waals surface area contributed by atoms with Crippen molar-refractivity contribution in [1.82, 2.24) is 10.2 Å². The number of esters is 1. The van der Waals surface area contributed by atoms with Gasteiger partial charge in [0.2, 0.25) is 0 Å². The predicted molar refractivity (Wildman–Crippen MR) is 64.4 cm³/mol. The lowest BCUT2D eigenvalue weighted by molar-refractivity contribution is -0.142. The fraction of sp³-hybridized carbons (Fsp3) is 0.917. The Balaban J connectivity index is 2.48. The minimum atomic E-state index is -0.220. The Hall–Kier alpha value is -0.610. The van der Waals surface area contributed by atoms with E-state index in [0.717, 1.165) is 6.54 Å². The van der Waals surface area contributed by atoms with Gasteiger partial charge in [0, 0.05) is 12.1 Å². The standard InChI is InChI=1S/C12H24N2O2/c1-10(11(15)16-4)13-9-12(14(2)3)7-5-6-8-12/h10,13H,5-9H2,1-4H3. The van der Waals surface area contributed by atoms with Gasteiger partial charge in [-0.2, -0.15) is 0 Å². The van der Waals surface area contributed by atoms with E-state index in [0.29, 0.717) is 0 Å². The molecule has 16 heavy (non-hydrogen) atoms. The molecular formula is C12H24N2O2. The molecule has 4 nitrogen and oxygen atoms in total. The molecule has 0 aromatic rings. The monoisotopic (exact) mass is 228 g/mol. The van der Waals surface area contributed by atoms with E-state index in [4.69, 9.17) is 4.74 Å². The molecular weight excluding hydrogens is 204 g/mol. The van der Waals surface area contributed by atoms with Crippen LogP contribution >= 0.6 is 0 Å². The van der Waals surface area contributed by atoms with Crippen molar-refractivity contribution in [2.75, 3.05) is 27.7 Å². The number of methoxy groups -OCH3 is 1. The van der Waals surface area contributed by atoms with E-state index in [1.165, 1.54) is 32.8 Å². The fourth-order valence-corrected chi connectivity index (χ4v) is 2.42. The summed E-state index contributed by atoms with van der Waals surface area (Å²) in [4.78, 5) is 13.6. The summed E-state index contributed by atoms with van der Waals surface area (Å²) in [6, 6.07) is -0.220. The van der Waals surface area contributed by atoms with Crippen LogP contribution in [0.2, 0.25) is 0 Å². The molecule has 1 atom stereocenters. The van der Waals surface area contributed by atoms with Crippen molar-refractivity contribution >= 4 is 5.97 Å². The molecule has 1 N–H and O–H groups in total. The quantitative estimate of drug-likeness (QED) is 0.713. The summed E-state index contributed by atoms with van der Waals surface area (Å²) in [6.45, 7) is 2.71. The number of nitrogens with one attached hydrogen (secondary N) is 1. The Morgan fingerprint density at radius 3 is 2.44 bits per heavy atom. The maximum Gasteiger partial charge on any atom is 0.322 e. The van der Waals surface area contributed by atoms with Crippen molar-refractivity contribution in [1.29, 1.82) is 0 Å². The van der Waals surface area contributed by atoms with Crippen molar-refractivity contribution in [3.05, 3.63) is 0 Å². The van der Waals surface area contributed by atoms with Crippen LogP contribution in [0.15, 0.2) is 0 Å². The number of ether oxygens (including phenoxy) is 1. The molecule has 1 saturated carbocycles. The molecule has 0 heterocycles. The van der Waals surface area contributed by atoms with E-state index in [2.05, 4.69) is 24.3 Å². The molecule has 0 saturated heterocycles. The van der Waals surface area contributed by atoms with Crippen LogP contribution < -0.4 is 5.32 Å². The normalized spacial score (nSPS) is 21.1. The van der Waals surface area contributed by atoms with E-state index in [9.17, 15) is 4.79 Å². The number of hydrogen-bond donors (Lipinski definition) is 1. The zero-order chi connectivity index (χ0) is 12.2. The van der Waals surface area contributed by atoms with E-state index in [1.54, 1.807) is 0 Å². The molecule has 0 aliphatic heterocycles. The molecule has 0 aromatic carbocycles. The minimum absolute atomic E-state index is 0.188. The number of likely N-dealkylation sites (N-methyl/N-ethyl adjacent to an activating group) is 1. The van der Waals surface area contributed by atoms with Crippen LogP contribution in [-0.2, 0) is 9.53 Å². The molecule has 1 aliphatic carbocycles. The van der Waals surface area contributed by atoms with Gasteiger partial charge in [-0.15, -0.1) is 0 Å². The molecule has 0 radical (unpaired) electrons. The first kappa shape index (κ1) is 13.5. The molecule has 0 amide bonds. The van der Waals surface area contributed by atoms with Gasteiger partial charge in [0.05, 0.1) is 7.11 Å². The van der Waals surface area contributed by atoms with Crippen LogP contribution in [0.3, 0.4) is 0 Å². The molecule has 0 bridgehead atoms. The highest BCUT2D eigenvalue weighted by atomic mass is 16.5. The highest BCUT2D eigenvalue weighted by Gasteiger charge is 2.36. The van der Waals surface area contributed by atoms with Crippen molar-refractivity contribution in [2.24, 2.45) is 0 Å². The first-order valence-electron chi connectivity index (χ1n) is 6.00. The molecule has 4 heteroatoms. The van der Waals surface area contributed by atoms with Crippen LogP contribution in [0, 0.1) is 0 Å². The number of hydrogen-bond acceptors (Lipinski definition) is 4. The molecule has 1 rings (SSSR count). The molecule has 0 spiro atoms. The number of nitrogens with zero attached hydrogens (tertiary/aromatic N) is 1. The first-order chi connectivity index (χ1) is 7.52. The number of rotatable bonds is 5. The third-order valence-electron chi connectivity index (χ3n) is 3.77. The van der Waals surface area contributed by atoms with E-state index in [-0.39, 0.29) is 17.6 Å². The predicted octanol–water partition coefficient (Wildman–Crippen LogP) is 1.01. The lowest BCUT2D eigenvalue weighted by Gasteiger charge is -2.37. The maximum atomic E-state index is 11.3. The second-order valence-corrected chi connectivity index (χ2v) is 4.95. The summed E-state index contributed by atoms with van der Waals surface area (Å²) >= 11 is 0. The molecule has 94 valence electrons. The van der Waals surface area contributed by atoms with Gasteiger partial charge in [0.1, 0.15) is 6.04 Å². The molecule has 1 aliphatic rings. The Morgan fingerprint density at radius 2 is 2.00 bits per heavy atom. The number of carbonyl (C=O) groups excluding carboxylic acids is 1. The average molecular weight is 228 g/mol. The number of carbonyl (C=O) groups is 1. The Kier molecular flexibility index (Phi) is 4.74. The molecule has 0 aromatic heterocycles. The second-order valence-electron chi connectivity index (χ2n) is 4.95.